The summed E-state index contributed by atoms with van der Waals surface area (Å²) in [5, 5.41) is 0. The van der Waals surface area contributed by atoms with Crippen LogP contribution < -0.4 is 0 Å². The largest absolute Gasteiger partial charge is 0.452 e. The Morgan fingerprint density at radius 1 is 1.03 bits per heavy atom. The molecule has 0 aromatic heterocycles. The van der Waals surface area contributed by atoms with Crippen LogP contribution in [0, 0.1) is 69.5 Å². The zero-order chi connectivity index (χ0) is 25.4. The average molecular weight is 479 g/mol. The maximum atomic E-state index is 13.6. The van der Waals surface area contributed by atoms with Crippen LogP contribution in [0.1, 0.15) is 98.8 Å². The van der Waals surface area contributed by atoms with E-state index in [1.807, 2.05) is 0 Å². The van der Waals surface area contributed by atoms with Gasteiger partial charge in [0.25, 0.3) is 0 Å². The molecule has 0 heterocycles. The highest BCUT2D eigenvalue weighted by molar-refractivity contribution is 5.82. The number of Topliss-reactive ketones (excluding diaryl/α,β-unsaturated/α-hetero) is 1. The van der Waals surface area contributed by atoms with Crippen molar-refractivity contribution in [2.75, 3.05) is 6.61 Å². The summed E-state index contributed by atoms with van der Waals surface area (Å²) in [6.07, 6.45) is 16.0. The van der Waals surface area contributed by atoms with Gasteiger partial charge in [-0.1, -0.05) is 45.8 Å². The fourth-order valence-corrected chi connectivity index (χ4v) is 11.2. The number of ether oxygens (including phenoxy) is 1. The summed E-state index contributed by atoms with van der Waals surface area (Å²) in [6, 6.07) is 0. The van der Waals surface area contributed by atoms with Crippen molar-refractivity contribution in [1.29, 1.82) is 0 Å². The number of rotatable bonds is 3. The van der Waals surface area contributed by atoms with Gasteiger partial charge >= 0.3 is 5.97 Å². The summed E-state index contributed by atoms with van der Waals surface area (Å²) in [4.78, 5) is 26.3. The molecule has 0 aliphatic heterocycles. The molecule has 192 valence electrons. The lowest BCUT2D eigenvalue weighted by Crippen LogP contribution is -2.65. The molecule has 0 radical (unpaired) electrons. The van der Waals surface area contributed by atoms with Crippen molar-refractivity contribution < 1.29 is 14.3 Å². The summed E-state index contributed by atoms with van der Waals surface area (Å²) in [5.41, 5.74) is 1.50. The molecule has 0 saturated heterocycles. The number of allylic oxidation sites excluding steroid dienone is 1. The molecule has 0 aromatic carbocycles. The van der Waals surface area contributed by atoms with Crippen molar-refractivity contribution in [3.05, 3.63) is 12.2 Å². The summed E-state index contributed by atoms with van der Waals surface area (Å²) in [5.74, 6) is 5.52. The minimum atomic E-state index is -0.402. The molecule has 5 aliphatic carbocycles. The van der Waals surface area contributed by atoms with E-state index in [0.29, 0.717) is 35.4 Å². The third-order valence-corrected chi connectivity index (χ3v) is 13.1. The van der Waals surface area contributed by atoms with E-state index in [9.17, 15) is 9.59 Å². The number of carbonyl (C=O) groups excluding carboxylic acids is 2. The van der Waals surface area contributed by atoms with Gasteiger partial charge in [0.2, 0.25) is 0 Å². The molecule has 5 rings (SSSR count). The van der Waals surface area contributed by atoms with Gasteiger partial charge < -0.3 is 4.74 Å². The van der Waals surface area contributed by atoms with Gasteiger partial charge in [-0.2, -0.15) is 0 Å². The predicted octanol–water partition coefficient (Wildman–Crippen LogP) is 7.00. The lowest BCUT2D eigenvalue weighted by Gasteiger charge is -2.71. The molecule has 0 unspecified atom stereocenters. The monoisotopic (exact) mass is 478 g/mol. The number of carbonyl (C=O) groups is 2. The molecule has 5 saturated carbocycles. The van der Waals surface area contributed by atoms with E-state index in [0.717, 1.165) is 38.5 Å². The van der Waals surface area contributed by atoms with Gasteiger partial charge in [-0.25, -0.2) is 0 Å². The normalized spacial score (nSPS) is 50.7. The van der Waals surface area contributed by atoms with Crippen molar-refractivity contribution in [2.24, 2.45) is 57.2 Å². The van der Waals surface area contributed by atoms with Crippen molar-refractivity contribution in [3.63, 3.8) is 0 Å². The lowest BCUT2D eigenvalue weighted by atomic mass is 9.33. The van der Waals surface area contributed by atoms with Gasteiger partial charge in [-0.15, -0.1) is 6.42 Å². The van der Waals surface area contributed by atoms with E-state index >= 15 is 0 Å². The molecule has 0 amide bonds. The van der Waals surface area contributed by atoms with Crippen molar-refractivity contribution in [3.8, 4) is 12.3 Å². The second-order valence-corrected chi connectivity index (χ2v) is 13.9. The van der Waals surface area contributed by atoms with Crippen LogP contribution in [0.2, 0.25) is 0 Å². The highest BCUT2D eigenvalue weighted by Gasteiger charge is 2.71. The van der Waals surface area contributed by atoms with E-state index in [4.69, 9.17) is 11.2 Å². The number of fused-ring (bicyclic) bond motifs is 7. The first-order valence-corrected chi connectivity index (χ1v) is 14.2. The van der Waals surface area contributed by atoms with E-state index in [-0.39, 0.29) is 34.7 Å². The van der Waals surface area contributed by atoms with Crippen LogP contribution in [0.25, 0.3) is 0 Å². The molecule has 0 N–H and O–H groups in total. The lowest BCUT2D eigenvalue weighted by molar-refractivity contribution is -0.229. The standard InChI is InChI=1S/C32H46O3/c1-8-19-35-28(34)32-16-11-22(20(2)3)27(32)24-9-10-26-29(5)14-13-25(33)21(4)23(29)12-15-31(26,7)30(24,6)17-18-32/h1,21-24,26-27H,2,9-19H2,3-7H3/t21-,22+,23+,24-,26-,27-,29+,30-,31-,32+/m1/s1. The number of hydrogen-bond acceptors (Lipinski definition) is 3. The zero-order valence-corrected chi connectivity index (χ0v) is 22.8. The van der Waals surface area contributed by atoms with Crippen LogP contribution in [0.3, 0.4) is 0 Å². The number of esters is 1. The Bertz CT molecular complexity index is 974. The molecular formula is C32H46O3. The maximum Gasteiger partial charge on any atom is 0.313 e. The molecule has 5 aliphatic rings. The first-order valence-electron chi connectivity index (χ1n) is 14.2. The summed E-state index contributed by atoms with van der Waals surface area (Å²) < 4.78 is 5.68. The van der Waals surface area contributed by atoms with Gasteiger partial charge in [-0.3, -0.25) is 9.59 Å². The molecular weight excluding hydrogens is 432 g/mol. The van der Waals surface area contributed by atoms with Crippen molar-refractivity contribution >= 4 is 11.8 Å². The van der Waals surface area contributed by atoms with Gasteiger partial charge in [0.15, 0.2) is 6.61 Å². The fraction of sp³-hybridized carbons (Fsp3) is 0.812. The smallest absolute Gasteiger partial charge is 0.313 e. The van der Waals surface area contributed by atoms with Gasteiger partial charge in [0.1, 0.15) is 5.78 Å². The number of terminal acetylenes is 1. The van der Waals surface area contributed by atoms with Gasteiger partial charge in [-0.05, 0) is 111 Å². The topological polar surface area (TPSA) is 43.4 Å². The molecule has 5 fully saturated rings. The molecule has 0 spiro atoms. The van der Waals surface area contributed by atoms with Gasteiger partial charge in [0.05, 0.1) is 5.41 Å². The third kappa shape index (κ3) is 3.17. The van der Waals surface area contributed by atoms with Crippen LogP contribution in [-0.2, 0) is 14.3 Å². The minimum absolute atomic E-state index is 0.0474. The van der Waals surface area contributed by atoms with E-state index < -0.39 is 5.41 Å². The molecule has 3 heteroatoms. The number of ketones is 1. The third-order valence-electron chi connectivity index (χ3n) is 13.1. The first kappa shape index (κ1) is 25.1. The Morgan fingerprint density at radius 2 is 1.77 bits per heavy atom. The maximum absolute atomic E-state index is 13.6. The minimum Gasteiger partial charge on any atom is -0.452 e. The second-order valence-electron chi connectivity index (χ2n) is 13.9. The van der Waals surface area contributed by atoms with E-state index in [2.05, 4.69) is 47.1 Å². The van der Waals surface area contributed by atoms with Gasteiger partial charge in [0, 0.05) is 12.3 Å². The summed E-state index contributed by atoms with van der Waals surface area (Å²) in [6.45, 7) is 16.6. The Balaban J connectivity index is 1.54. The van der Waals surface area contributed by atoms with Crippen LogP contribution in [0.4, 0.5) is 0 Å². The fourth-order valence-electron chi connectivity index (χ4n) is 11.2. The molecule has 35 heavy (non-hydrogen) atoms. The second kappa shape index (κ2) is 8.22. The Kier molecular flexibility index (Phi) is 5.90. The van der Waals surface area contributed by atoms with Crippen LogP contribution in [0.15, 0.2) is 12.2 Å². The first-order chi connectivity index (χ1) is 16.5. The SMILES string of the molecule is C#CCOC(=O)[C@]12CC[C@@H](C(=C)C)[C@@H]1[C@H]1CC[C@@H]3[C@@]4(C)CCC(=O)[C@H](C)[C@@H]4CC[C@@]3(C)[C@]1(C)CC2. The Hall–Kier alpha value is -1.56. The molecule has 0 aromatic rings. The summed E-state index contributed by atoms with van der Waals surface area (Å²) >= 11 is 0. The van der Waals surface area contributed by atoms with E-state index in [1.165, 1.54) is 31.3 Å². The molecule has 0 bridgehead atoms. The average Bonchev–Trinajstić information content (AvgIpc) is 3.22. The van der Waals surface area contributed by atoms with Crippen molar-refractivity contribution in [1.82, 2.24) is 0 Å². The molecule has 3 nitrogen and oxygen atoms in total. The van der Waals surface area contributed by atoms with Crippen LogP contribution >= 0.6 is 0 Å². The van der Waals surface area contributed by atoms with Crippen molar-refractivity contribution in [2.45, 2.75) is 98.8 Å². The zero-order valence-electron chi connectivity index (χ0n) is 22.8. The Labute approximate surface area is 213 Å². The van der Waals surface area contributed by atoms with Crippen LogP contribution in [0.5, 0.6) is 0 Å². The highest BCUT2D eigenvalue weighted by atomic mass is 16.5. The molecule has 10 atom stereocenters. The van der Waals surface area contributed by atoms with E-state index in [1.54, 1.807) is 0 Å². The highest BCUT2D eigenvalue weighted by Crippen LogP contribution is 2.76. The quantitative estimate of drug-likeness (QED) is 0.249. The van der Waals surface area contributed by atoms with Crippen LogP contribution in [-0.4, -0.2) is 18.4 Å². The predicted molar refractivity (Wildman–Crippen MR) is 139 cm³/mol. The summed E-state index contributed by atoms with van der Waals surface area (Å²) in [7, 11) is 0. The number of hydrogen-bond donors (Lipinski definition) is 0. The Morgan fingerprint density at radius 3 is 2.46 bits per heavy atom.